The monoisotopic (exact) mass is 245 g/mol. The van der Waals surface area contributed by atoms with Gasteiger partial charge in [0.25, 0.3) is 0 Å². The van der Waals surface area contributed by atoms with Crippen molar-refractivity contribution in [3.8, 4) is 0 Å². The summed E-state index contributed by atoms with van der Waals surface area (Å²) < 4.78 is 0. The number of aryl methyl sites for hydroxylation is 2. The van der Waals surface area contributed by atoms with Gasteiger partial charge in [-0.1, -0.05) is 11.6 Å². The molecule has 0 atom stereocenters. The van der Waals surface area contributed by atoms with Gasteiger partial charge in [0.15, 0.2) is 5.78 Å². The Hall–Kier alpha value is -1.61. The quantitative estimate of drug-likeness (QED) is 0.662. The van der Waals surface area contributed by atoms with Crippen LogP contribution in [0.15, 0.2) is 35.0 Å². The number of rotatable bonds is 4. The highest BCUT2D eigenvalue weighted by Gasteiger charge is 2.10. The van der Waals surface area contributed by atoms with Crippen LogP contribution in [-0.4, -0.2) is 5.78 Å². The second-order valence-electron chi connectivity index (χ2n) is 4.15. The van der Waals surface area contributed by atoms with Gasteiger partial charge in [-0.05, 0) is 47.9 Å². The molecule has 0 amide bonds. The summed E-state index contributed by atoms with van der Waals surface area (Å²) in [5, 5.41) is 4.10. The third-order valence-corrected chi connectivity index (χ3v) is 3.46. The van der Waals surface area contributed by atoms with Crippen molar-refractivity contribution in [3.05, 3.63) is 51.7 Å². The van der Waals surface area contributed by atoms with Crippen LogP contribution in [-0.2, 0) is 6.42 Å². The van der Waals surface area contributed by atoms with Crippen molar-refractivity contribution in [2.75, 3.05) is 5.73 Å². The number of thiophene rings is 1. The second-order valence-corrected chi connectivity index (χ2v) is 4.93. The Morgan fingerprint density at radius 2 is 2.18 bits per heavy atom. The summed E-state index contributed by atoms with van der Waals surface area (Å²) in [4.78, 5) is 12.0. The largest absolute Gasteiger partial charge is 0.398 e. The minimum atomic E-state index is 0.123. The molecule has 0 spiro atoms. The molecule has 17 heavy (non-hydrogen) atoms. The molecule has 0 fully saturated rings. The van der Waals surface area contributed by atoms with Crippen molar-refractivity contribution in [2.45, 2.75) is 19.8 Å². The molecular weight excluding hydrogens is 230 g/mol. The number of ketones is 1. The number of nitrogen functional groups attached to an aromatic ring is 1. The molecule has 2 nitrogen and oxygen atoms in total. The van der Waals surface area contributed by atoms with Crippen LogP contribution in [0.3, 0.4) is 0 Å². The number of anilines is 1. The Bertz CT molecular complexity index is 517. The summed E-state index contributed by atoms with van der Waals surface area (Å²) in [5.74, 6) is 0.123. The number of Topliss-reactive ketones (excluding diaryl/α,β-unsaturated/α-hetero) is 1. The van der Waals surface area contributed by atoms with Gasteiger partial charge in [0.2, 0.25) is 0 Å². The van der Waals surface area contributed by atoms with Crippen molar-refractivity contribution in [1.82, 2.24) is 0 Å². The van der Waals surface area contributed by atoms with Crippen LogP contribution in [0.1, 0.15) is 27.9 Å². The lowest BCUT2D eigenvalue weighted by Crippen LogP contribution is -2.05. The van der Waals surface area contributed by atoms with Crippen molar-refractivity contribution in [3.63, 3.8) is 0 Å². The van der Waals surface area contributed by atoms with Crippen LogP contribution < -0.4 is 5.73 Å². The molecule has 2 aromatic rings. The molecule has 1 heterocycles. The zero-order valence-corrected chi connectivity index (χ0v) is 10.6. The van der Waals surface area contributed by atoms with E-state index in [9.17, 15) is 4.79 Å². The summed E-state index contributed by atoms with van der Waals surface area (Å²) in [7, 11) is 0. The van der Waals surface area contributed by atoms with Crippen LogP contribution in [0.2, 0.25) is 0 Å². The zero-order valence-electron chi connectivity index (χ0n) is 9.77. The average molecular weight is 245 g/mol. The van der Waals surface area contributed by atoms with Gasteiger partial charge in [0.05, 0.1) is 0 Å². The van der Waals surface area contributed by atoms with E-state index < -0.39 is 0 Å². The summed E-state index contributed by atoms with van der Waals surface area (Å²) in [6, 6.07) is 7.64. The predicted octanol–water partition coefficient (Wildman–Crippen LogP) is 3.45. The SMILES string of the molecule is Cc1ccc(N)c(C(=O)CCc2ccsc2)c1. The fraction of sp³-hybridized carbons (Fsp3) is 0.214. The Morgan fingerprint density at radius 3 is 2.88 bits per heavy atom. The molecule has 3 heteroatoms. The van der Waals surface area contributed by atoms with Crippen molar-refractivity contribution >= 4 is 22.8 Å². The van der Waals surface area contributed by atoms with Crippen LogP contribution in [0.5, 0.6) is 0 Å². The number of nitrogens with two attached hydrogens (primary N) is 1. The normalized spacial score (nSPS) is 10.4. The minimum absolute atomic E-state index is 0.123. The van der Waals surface area contributed by atoms with Gasteiger partial charge >= 0.3 is 0 Å². The second kappa shape index (κ2) is 5.15. The fourth-order valence-corrected chi connectivity index (χ4v) is 2.44. The number of hydrogen-bond acceptors (Lipinski definition) is 3. The average Bonchev–Trinajstić information content (AvgIpc) is 2.82. The molecule has 2 N–H and O–H groups in total. The van der Waals surface area contributed by atoms with E-state index in [0.717, 1.165) is 12.0 Å². The molecule has 0 saturated carbocycles. The van der Waals surface area contributed by atoms with Gasteiger partial charge in [0, 0.05) is 17.7 Å². The molecule has 0 unspecified atom stereocenters. The number of benzene rings is 1. The Labute approximate surface area is 105 Å². The number of hydrogen-bond donors (Lipinski definition) is 1. The van der Waals surface area contributed by atoms with Crippen molar-refractivity contribution in [1.29, 1.82) is 0 Å². The maximum Gasteiger partial charge on any atom is 0.165 e. The third-order valence-electron chi connectivity index (χ3n) is 2.73. The van der Waals surface area contributed by atoms with E-state index >= 15 is 0 Å². The Morgan fingerprint density at radius 1 is 1.35 bits per heavy atom. The minimum Gasteiger partial charge on any atom is -0.398 e. The smallest absolute Gasteiger partial charge is 0.165 e. The van der Waals surface area contributed by atoms with Gasteiger partial charge in [-0.15, -0.1) is 0 Å². The van der Waals surface area contributed by atoms with Gasteiger partial charge in [-0.3, -0.25) is 4.79 Å². The standard InChI is InChI=1S/C14H15NOS/c1-10-2-4-13(15)12(8-10)14(16)5-3-11-6-7-17-9-11/h2,4,6-9H,3,5,15H2,1H3. The van der Waals surface area contributed by atoms with Crippen LogP contribution in [0, 0.1) is 6.92 Å². The lowest BCUT2D eigenvalue weighted by atomic mass is 10.0. The lowest BCUT2D eigenvalue weighted by Gasteiger charge is -2.05. The molecule has 0 bridgehead atoms. The third kappa shape index (κ3) is 2.94. The van der Waals surface area contributed by atoms with Gasteiger partial charge in [0.1, 0.15) is 0 Å². The summed E-state index contributed by atoms with van der Waals surface area (Å²) in [6.45, 7) is 1.97. The molecule has 0 radical (unpaired) electrons. The van der Waals surface area contributed by atoms with Crippen LogP contribution in [0.25, 0.3) is 0 Å². The molecule has 0 saturated heterocycles. The molecule has 2 rings (SSSR count). The predicted molar refractivity (Wildman–Crippen MR) is 72.6 cm³/mol. The van der Waals surface area contributed by atoms with Gasteiger partial charge in [-0.25, -0.2) is 0 Å². The molecule has 1 aromatic heterocycles. The van der Waals surface area contributed by atoms with Crippen molar-refractivity contribution in [2.24, 2.45) is 0 Å². The first-order valence-electron chi connectivity index (χ1n) is 5.57. The fourth-order valence-electron chi connectivity index (χ4n) is 1.74. The van der Waals surface area contributed by atoms with E-state index in [4.69, 9.17) is 5.73 Å². The number of carbonyl (C=O) groups excluding carboxylic acids is 1. The van der Waals surface area contributed by atoms with Gasteiger partial charge in [-0.2, -0.15) is 11.3 Å². The van der Waals surface area contributed by atoms with E-state index in [0.29, 0.717) is 17.7 Å². The van der Waals surface area contributed by atoms with E-state index in [-0.39, 0.29) is 5.78 Å². The summed E-state index contributed by atoms with van der Waals surface area (Å²) in [6.07, 6.45) is 1.31. The topological polar surface area (TPSA) is 43.1 Å². The van der Waals surface area contributed by atoms with Crippen LogP contribution in [0.4, 0.5) is 5.69 Å². The highest BCUT2D eigenvalue weighted by Crippen LogP contribution is 2.17. The maximum absolute atomic E-state index is 12.0. The van der Waals surface area contributed by atoms with Crippen molar-refractivity contribution < 1.29 is 4.79 Å². The van der Waals surface area contributed by atoms with E-state index in [2.05, 4.69) is 11.4 Å². The Balaban J connectivity index is 2.07. The first-order valence-corrected chi connectivity index (χ1v) is 6.51. The van der Waals surface area contributed by atoms with Gasteiger partial charge < -0.3 is 5.73 Å². The van der Waals surface area contributed by atoms with Crippen LogP contribution >= 0.6 is 11.3 Å². The molecular formula is C14H15NOS. The summed E-state index contributed by atoms with van der Waals surface area (Å²) >= 11 is 1.66. The number of carbonyl (C=O) groups is 1. The lowest BCUT2D eigenvalue weighted by molar-refractivity contribution is 0.0983. The first kappa shape index (κ1) is 11.9. The molecule has 0 aliphatic rings. The maximum atomic E-state index is 12.0. The molecule has 0 aliphatic carbocycles. The van der Waals surface area contributed by atoms with E-state index in [1.807, 2.05) is 24.4 Å². The molecule has 0 aliphatic heterocycles. The van der Waals surface area contributed by atoms with E-state index in [1.54, 1.807) is 17.4 Å². The molecule has 1 aromatic carbocycles. The molecule has 88 valence electrons. The van der Waals surface area contributed by atoms with E-state index in [1.165, 1.54) is 5.56 Å². The zero-order chi connectivity index (χ0) is 12.3. The highest BCUT2D eigenvalue weighted by atomic mass is 32.1. The highest BCUT2D eigenvalue weighted by molar-refractivity contribution is 7.07. The Kier molecular flexibility index (Phi) is 3.59. The first-order chi connectivity index (χ1) is 8.16. The summed E-state index contributed by atoms with van der Waals surface area (Å²) in [5.41, 5.74) is 9.33.